The molecule has 2 aliphatic rings. The van der Waals surface area contributed by atoms with Crippen LogP contribution >= 0.6 is 0 Å². The van der Waals surface area contributed by atoms with Gasteiger partial charge in [0.05, 0.1) is 12.7 Å². The lowest BCUT2D eigenvalue weighted by Gasteiger charge is -2.25. The van der Waals surface area contributed by atoms with Crippen LogP contribution < -0.4 is 14.8 Å². The summed E-state index contributed by atoms with van der Waals surface area (Å²) in [5.41, 5.74) is 1.61. The molecule has 3 rings (SSSR count). The maximum atomic E-state index is 12.6. The SMILES string of the molecule is COc1cccc2c1OCC(C(=O)N1CCCNCC1)=C2. The molecule has 0 atom stereocenters. The first-order valence-corrected chi connectivity index (χ1v) is 7.30. The first kappa shape index (κ1) is 13.9. The van der Waals surface area contributed by atoms with Crippen LogP contribution in [-0.2, 0) is 4.79 Å². The molecule has 0 unspecified atom stereocenters. The van der Waals surface area contributed by atoms with E-state index in [-0.39, 0.29) is 5.91 Å². The second-order valence-electron chi connectivity index (χ2n) is 5.23. The quantitative estimate of drug-likeness (QED) is 0.891. The third-order valence-corrected chi connectivity index (χ3v) is 3.83. The van der Waals surface area contributed by atoms with Crippen molar-refractivity contribution in [1.82, 2.24) is 10.2 Å². The van der Waals surface area contributed by atoms with Gasteiger partial charge in [0.25, 0.3) is 5.91 Å². The molecular weight excluding hydrogens is 268 g/mol. The van der Waals surface area contributed by atoms with Gasteiger partial charge in [-0.1, -0.05) is 12.1 Å². The molecule has 2 aliphatic heterocycles. The molecular formula is C16H20N2O3. The van der Waals surface area contributed by atoms with Gasteiger partial charge in [-0.2, -0.15) is 0 Å². The Morgan fingerprint density at radius 1 is 1.33 bits per heavy atom. The molecule has 0 aromatic heterocycles. The zero-order valence-electron chi connectivity index (χ0n) is 12.2. The van der Waals surface area contributed by atoms with Crippen molar-refractivity contribution in [2.24, 2.45) is 0 Å². The zero-order valence-corrected chi connectivity index (χ0v) is 12.2. The lowest BCUT2D eigenvalue weighted by Crippen LogP contribution is -2.36. The Balaban J connectivity index is 1.82. The van der Waals surface area contributed by atoms with Crippen LogP contribution in [0.5, 0.6) is 11.5 Å². The summed E-state index contributed by atoms with van der Waals surface area (Å²) >= 11 is 0. The van der Waals surface area contributed by atoms with E-state index in [1.165, 1.54) is 0 Å². The van der Waals surface area contributed by atoms with Gasteiger partial charge in [0.15, 0.2) is 11.5 Å². The zero-order chi connectivity index (χ0) is 14.7. The number of carbonyl (C=O) groups is 1. The highest BCUT2D eigenvalue weighted by Crippen LogP contribution is 2.35. The normalized spacial score (nSPS) is 18.1. The first-order chi connectivity index (χ1) is 10.3. The number of benzene rings is 1. The van der Waals surface area contributed by atoms with Crippen molar-refractivity contribution in [1.29, 1.82) is 0 Å². The summed E-state index contributed by atoms with van der Waals surface area (Å²) in [7, 11) is 1.62. The summed E-state index contributed by atoms with van der Waals surface area (Å²) in [6.45, 7) is 3.68. The van der Waals surface area contributed by atoms with Gasteiger partial charge in [-0.25, -0.2) is 0 Å². The molecule has 112 valence electrons. The van der Waals surface area contributed by atoms with Crippen molar-refractivity contribution in [2.45, 2.75) is 6.42 Å². The molecule has 1 saturated heterocycles. The van der Waals surface area contributed by atoms with E-state index in [0.29, 0.717) is 23.7 Å². The van der Waals surface area contributed by atoms with E-state index in [2.05, 4.69) is 5.32 Å². The van der Waals surface area contributed by atoms with Crippen molar-refractivity contribution >= 4 is 12.0 Å². The van der Waals surface area contributed by atoms with E-state index >= 15 is 0 Å². The molecule has 5 nitrogen and oxygen atoms in total. The third-order valence-electron chi connectivity index (χ3n) is 3.83. The number of amides is 1. The van der Waals surface area contributed by atoms with E-state index in [1.54, 1.807) is 7.11 Å². The van der Waals surface area contributed by atoms with Crippen LogP contribution in [0.2, 0.25) is 0 Å². The van der Waals surface area contributed by atoms with Crippen molar-refractivity contribution in [3.63, 3.8) is 0 Å². The maximum Gasteiger partial charge on any atom is 0.253 e. The van der Waals surface area contributed by atoms with Crippen LogP contribution in [0.15, 0.2) is 23.8 Å². The molecule has 0 aliphatic carbocycles. The van der Waals surface area contributed by atoms with Gasteiger partial charge in [-0.05, 0) is 25.1 Å². The fourth-order valence-corrected chi connectivity index (χ4v) is 2.72. The van der Waals surface area contributed by atoms with Crippen molar-refractivity contribution in [2.75, 3.05) is 39.9 Å². The monoisotopic (exact) mass is 288 g/mol. The Hall–Kier alpha value is -2.01. The summed E-state index contributed by atoms with van der Waals surface area (Å²) in [4.78, 5) is 14.5. The Labute approximate surface area is 124 Å². The summed E-state index contributed by atoms with van der Waals surface area (Å²) < 4.78 is 11.0. The Bertz CT molecular complexity index is 561. The first-order valence-electron chi connectivity index (χ1n) is 7.30. The smallest absolute Gasteiger partial charge is 0.253 e. The summed E-state index contributed by atoms with van der Waals surface area (Å²) in [6, 6.07) is 5.70. The molecule has 1 N–H and O–H groups in total. The van der Waals surface area contributed by atoms with E-state index in [0.717, 1.165) is 38.2 Å². The van der Waals surface area contributed by atoms with E-state index in [4.69, 9.17) is 9.47 Å². The number of nitrogens with one attached hydrogen (secondary N) is 1. The Morgan fingerprint density at radius 3 is 3.10 bits per heavy atom. The average molecular weight is 288 g/mol. The largest absolute Gasteiger partial charge is 0.493 e. The highest BCUT2D eigenvalue weighted by molar-refractivity contribution is 5.99. The lowest BCUT2D eigenvalue weighted by molar-refractivity contribution is -0.127. The summed E-state index contributed by atoms with van der Waals surface area (Å²) in [5, 5.41) is 3.30. The van der Waals surface area contributed by atoms with Crippen LogP contribution in [0.25, 0.3) is 6.08 Å². The highest BCUT2D eigenvalue weighted by atomic mass is 16.5. The number of rotatable bonds is 2. The molecule has 21 heavy (non-hydrogen) atoms. The average Bonchev–Trinajstić information content (AvgIpc) is 2.82. The number of hydrogen-bond donors (Lipinski definition) is 1. The van der Waals surface area contributed by atoms with Crippen LogP contribution in [0, 0.1) is 0 Å². The van der Waals surface area contributed by atoms with Gasteiger partial charge in [0.2, 0.25) is 0 Å². The van der Waals surface area contributed by atoms with Gasteiger partial charge in [0.1, 0.15) is 6.61 Å². The predicted octanol–water partition coefficient (Wildman–Crippen LogP) is 1.29. The van der Waals surface area contributed by atoms with Gasteiger partial charge < -0.3 is 19.7 Å². The van der Waals surface area contributed by atoms with Crippen LogP contribution in [0.3, 0.4) is 0 Å². The van der Waals surface area contributed by atoms with Gasteiger partial charge >= 0.3 is 0 Å². The Morgan fingerprint density at radius 2 is 2.24 bits per heavy atom. The van der Waals surface area contributed by atoms with Gasteiger partial charge in [-0.15, -0.1) is 0 Å². The Kier molecular flexibility index (Phi) is 4.10. The molecule has 0 bridgehead atoms. The highest BCUT2D eigenvalue weighted by Gasteiger charge is 2.24. The molecule has 1 aromatic carbocycles. The molecule has 1 fully saturated rings. The number of methoxy groups -OCH3 is 1. The number of carbonyl (C=O) groups excluding carboxylic acids is 1. The van der Waals surface area contributed by atoms with Crippen molar-refractivity contribution in [3.05, 3.63) is 29.3 Å². The predicted molar refractivity (Wildman–Crippen MR) is 80.5 cm³/mol. The van der Waals surface area contributed by atoms with E-state index < -0.39 is 0 Å². The van der Waals surface area contributed by atoms with Crippen LogP contribution in [0.1, 0.15) is 12.0 Å². The van der Waals surface area contributed by atoms with E-state index in [9.17, 15) is 4.79 Å². The van der Waals surface area contributed by atoms with Gasteiger partial charge in [0, 0.05) is 25.2 Å². The number of ether oxygens (including phenoxy) is 2. The molecule has 2 heterocycles. The number of para-hydroxylation sites is 1. The maximum absolute atomic E-state index is 12.6. The lowest BCUT2D eigenvalue weighted by atomic mass is 10.1. The number of hydrogen-bond acceptors (Lipinski definition) is 4. The van der Waals surface area contributed by atoms with Crippen LogP contribution in [-0.4, -0.2) is 50.7 Å². The van der Waals surface area contributed by atoms with Gasteiger partial charge in [-0.3, -0.25) is 4.79 Å². The fraction of sp³-hybridized carbons (Fsp3) is 0.438. The minimum atomic E-state index is 0.0761. The minimum absolute atomic E-state index is 0.0761. The molecule has 1 aromatic rings. The molecule has 0 spiro atoms. The summed E-state index contributed by atoms with van der Waals surface area (Å²) in [5.74, 6) is 1.50. The second kappa shape index (κ2) is 6.18. The van der Waals surface area contributed by atoms with E-state index in [1.807, 2.05) is 29.2 Å². The van der Waals surface area contributed by atoms with Crippen molar-refractivity contribution < 1.29 is 14.3 Å². The molecule has 1 amide bonds. The second-order valence-corrected chi connectivity index (χ2v) is 5.23. The summed E-state index contributed by atoms with van der Waals surface area (Å²) in [6.07, 6.45) is 2.91. The third kappa shape index (κ3) is 2.88. The topological polar surface area (TPSA) is 50.8 Å². The van der Waals surface area contributed by atoms with Crippen molar-refractivity contribution in [3.8, 4) is 11.5 Å². The molecule has 0 saturated carbocycles. The molecule has 5 heteroatoms. The number of fused-ring (bicyclic) bond motifs is 1. The van der Waals surface area contributed by atoms with Crippen LogP contribution in [0.4, 0.5) is 0 Å². The molecule has 0 radical (unpaired) electrons. The minimum Gasteiger partial charge on any atom is -0.493 e. The number of nitrogens with zero attached hydrogens (tertiary/aromatic N) is 1. The standard InChI is InChI=1S/C16H20N2O3/c1-20-14-5-2-4-12-10-13(11-21-15(12)14)16(19)18-8-3-6-17-7-9-18/h2,4-5,10,17H,3,6-9,11H2,1H3. The fourth-order valence-electron chi connectivity index (χ4n) is 2.72.